The van der Waals surface area contributed by atoms with Crippen molar-refractivity contribution in [2.24, 2.45) is 0 Å². The Morgan fingerprint density at radius 3 is 2.92 bits per heavy atom. The van der Waals surface area contributed by atoms with Gasteiger partial charge in [-0.15, -0.1) is 0 Å². The van der Waals surface area contributed by atoms with E-state index < -0.39 is 0 Å². The quantitative estimate of drug-likeness (QED) is 0.534. The van der Waals surface area contributed by atoms with Crippen LogP contribution in [-0.4, -0.2) is 5.75 Å². The number of halogens is 1. The number of thiol groups is 1. The molecule has 0 amide bonds. The van der Waals surface area contributed by atoms with E-state index in [-0.39, 0.29) is 5.82 Å². The molecule has 1 aromatic rings. The highest BCUT2D eigenvalue weighted by Crippen LogP contribution is 2.14. The molecule has 0 aromatic heterocycles. The number of anilines is 1. The topological polar surface area (TPSA) is 26.0 Å². The Morgan fingerprint density at radius 2 is 2.25 bits per heavy atom. The molecule has 0 heterocycles. The van der Waals surface area contributed by atoms with Crippen LogP contribution in [0.1, 0.15) is 5.56 Å². The summed E-state index contributed by atoms with van der Waals surface area (Å²) < 4.78 is 12.7. The van der Waals surface area contributed by atoms with E-state index in [9.17, 15) is 4.39 Å². The molecule has 2 N–H and O–H groups in total. The number of benzene rings is 1. The molecule has 0 saturated carbocycles. The van der Waals surface area contributed by atoms with Gasteiger partial charge in [0.05, 0.1) is 0 Å². The molecule has 12 heavy (non-hydrogen) atoms. The fourth-order valence-corrected chi connectivity index (χ4v) is 0.975. The maximum Gasteiger partial charge on any atom is 0.123 e. The lowest BCUT2D eigenvalue weighted by Crippen LogP contribution is -1.89. The molecule has 1 rings (SSSR count). The van der Waals surface area contributed by atoms with Gasteiger partial charge in [0.25, 0.3) is 0 Å². The first kappa shape index (κ1) is 9.13. The Hall–Kier alpha value is -0.960. The molecule has 3 heteroatoms. The summed E-state index contributed by atoms with van der Waals surface area (Å²) in [5.41, 5.74) is 6.86. The second-order valence-electron chi connectivity index (χ2n) is 2.36. The predicted molar refractivity (Wildman–Crippen MR) is 53.7 cm³/mol. The number of nitrogen functional groups attached to an aromatic ring is 1. The highest BCUT2D eigenvalue weighted by Gasteiger charge is 1.95. The molecule has 0 bridgehead atoms. The molecule has 64 valence electrons. The average molecular weight is 183 g/mol. The van der Waals surface area contributed by atoms with Crippen LogP contribution in [0.2, 0.25) is 0 Å². The minimum atomic E-state index is -0.275. The summed E-state index contributed by atoms with van der Waals surface area (Å²) in [7, 11) is 0. The third-order valence-electron chi connectivity index (χ3n) is 1.45. The summed E-state index contributed by atoms with van der Waals surface area (Å²) in [6.45, 7) is 0. The van der Waals surface area contributed by atoms with E-state index >= 15 is 0 Å². The summed E-state index contributed by atoms with van der Waals surface area (Å²) in [5.74, 6) is 0.346. The monoisotopic (exact) mass is 183 g/mol. The second kappa shape index (κ2) is 4.16. The van der Waals surface area contributed by atoms with Crippen molar-refractivity contribution in [3.8, 4) is 0 Å². The number of rotatable bonds is 2. The Balaban J connectivity index is 2.97. The molecular weight excluding hydrogens is 173 g/mol. The van der Waals surface area contributed by atoms with Crippen LogP contribution in [0.15, 0.2) is 24.3 Å². The third kappa shape index (κ3) is 2.27. The molecule has 1 aromatic carbocycles. The van der Waals surface area contributed by atoms with Crippen LogP contribution in [0.4, 0.5) is 10.1 Å². The van der Waals surface area contributed by atoms with E-state index in [1.54, 1.807) is 12.1 Å². The van der Waals surface area contributed by atoms with E-state index in [0.717, 1.165) is 0 Å². The van der Waals surface area contributed by atoms with Crippen molar-refractivity contribution in [1.29, 1.82) is 0 Å². The van der Waals surface area contributed by atoms with E-state index in [1.807, 2.05) is 6.08 Å². The standard InChI is InChI=1S/C9H10FNS/c10-8-3-4-9(11)7(6-8)2-1-5-12/h1-4,6,12H,5,11H2. The van der Waals surface area contributed by atoms with Gasteiger partial charge < -0.3 is 5.73 Å². The summed E-state index contributed by atoms with van der Waals surface area (Å²) in [5, 5.41) is 0. The minimum Gasteiger partial charge on any atom is -0.398 e. The average Bonchev–Trinajstić information content (AvgIpc) is 2.07. The van der Waals surface area contributed by atoms with Gasteiger partial charge in [0.2, 0.25) is 0 Å². The van der Waals surface area contributed by atoms with E-state index in [1.165, 1.54) is 12.1 Å². The van der Waals surface area contributed by atoms with E-state index in [0.29, 0.717) is 17.0 Å². The van der Waals surface area contributed by atoms with Gasteiger partial charge in [-0.2, -0.15) is 12.6 Å². The van der Waals surface area contributed by atoms with Gasteiger partial charge in [-0.1, -0.05) is 12.2 Å². The Bertz CT molecular complexity index is 297. The first-order valence-corrected chi connectivity index (χ1v) is 4.19. The molecule has 1 nitrogen and oxygen atoms in total. The van der Waals surface area contributed by atoms with Crippen molar-refractivity contribution >= 4 is 24.4 Å². The molecule has 0 unspecified atom stereocenters. The van der Waals surface area contributed by atoms with Gasteiger partial charge in [-0.25, -0.2) is 4.39 Å². The smallest absolute Gasteiger partial charge is 0.123 e. The molecular formula is C9H10FNS. The largest absolute Gasteiger partial charge is 0.398 e. The fraction of sp³-hybridized carbons (Fsp3) is 0.111. The third-order valence-corrected chi connectivity index (χ3v) is 1.66. The number of hydrogen-bond donors (Lipinski definition) is 2. The summed E-state index contributed by atoms with van der Waals surface area (Å²) in [6, 6.07) is 4.29. The van der Waals surface area contributed by atoms with E-state index in [4.69, 9.17) is 5.73 Å². The molecule has 0 saturated heterocycles. The fourth-order valence-electron chi connectivity index (χ4n) is 0.870. The van der Waals surface area contributed by atoms with Crippen molar-refractivity contribution in [2.45, 2.75) is 0 Å². The maximum absolute atomic E-state index is 12.7. The van der Waals surface area contributed by atoms with Crippen LogP contribution in [0.25, 0.3) is 6.08 Å². The molecule has 0 aliphatic rings. The molecule has 0 radical (unpaired) electrons. The zero-order chi connectivity index (χ0) is 8.97. The van der Waals surface area contributed by atoms with Gasteiger partial charge in [-0.05, 0) is 23.8 Å². The highest BCUT2D eigenvalue weighted by molar-refractivity contribution is 7.80. The summed E-state index contributed by atoms with van der Waals surface area (Å²) in [6.07, 6.45) is 3.57. The minimum absolute atomic E-state index is 0.275. The normalized spacial score (nSPS) is 10.8. The van der Waals surface area contributed by atoms with Crippen molar-refractivity contribution in [2.75, 3.05) is 11.5 Å². The predicted octanol–water partition coefficient (Wildman–Crippen LogP) is 2.35. The molecule has 0 spiro atoms. The van der Waals surface area contributed by atoms with Gasteiger partial charge >= 0.3 is 0 Å². The lowest BCUT2D eigenvalue weighted by atomic mass is 10.1. The lowest BCUT2D eigenvalue weighted by Gasteiger charge is -1.98. The van der Waals surface area contributed by atoms with Crippen LogP contribution in [0.5, 0.6) is 0 Å². The summed E-state index contributed by atoms with van der Waals surface area (Å²) >= 11 is 3.99. The molecule has 0 aliphatic carbocycles. The van der Waals surface area contributed by atoms with Crippen LogP contribution in [0, 0.1) is 5.82 Å². The van der Waals surface area contributed by atoms with Crippen molar-refractivity contribution in [3.63, 3.8) is 0 Å². The van der Waals surface area contributed by atoms with Gasteiger partial charge in [0.1, 0.15) is 5.82 Å². The van der Waals surface area contributed by atoms with Gasteiger partial charge in [0, 0.05) is 11.4 Å². The van der Waals surface area contributed by atoms with Crippen LogP contribution < -0.4 is 5.73 Å². The van der Waals surface area contributed by atoms with Gasteiger partial charge in [-0.3, -0.25) is 0 Å². The molecule has 0 atom stereocenters. The van der Waals surface area contributed by atoms with Crippen molar-refractivity contribution in [3.05, 3.63) is 35.7 Å². The Morgan fingerprint density at radius 1 is 1.50 bits per heavy atom. The second-order valence-corrected chi connectivity index (χ2v) is 2.72. The first-order valence-electron chi connectivity index (χ1n) is 3.56. The highest BCUT2D eigenvalue weighted by atomic mass is 32.1. The van der Waals surface area contributed by atoms with E-state index in [2.05, 4.69) is 12.6 Å². The zero-order valence-corrected chi connectivity index (χ0v) is 7.39. The number of nitrogens with two attached hydrogens (primary N) is 1. The lowest BCUT2D eigenvalue weighted by molar-refractivity contribution is 0.628. The van der Waals surface area contributed by atoms with Crippen molar-refractivity contribution < 1.29 is 4.39 Å². The SMILES string of the molecule is Nc1ccc(F)cc1C=CCS. The van der Waals surface area contributed by atoms with Crippen molar-refractivity contribution in [1.82, 2.24) is 0 Å². The maximum atomic E-state index is 12.7. The van der Waals surface area contributed by atoms with Crippen LogP contribution in [-0.2, 0) is 0 Å². The van der Waals surface area contributed by atoms with Gasteiger partial charge in [0.15, 0.2) is 0 Å². The Kier molecular flexibility index (Phi) is 3.17. The number of hydrogen-bond acceptors (Lipinski definition) is 2. The van der Waals surface area contributed by atoms with Crippen LogP contribution in [0.3, 0.4) is 0 Å². The first-order chi connectivity index (χ1) is 5.74. The zero-order valence-electron chi connectivity index (χ0n) is 6.50. The molecule has 0 fully saturated rings. The molecule has 0 aliphatic heterocycles. The summed E-state index contributed by atoms with van der Waals surface area (Å²) in [4.78, 5) is 0. The van der Waals surface area contributed by atoms with Crippen LogP contribution >= 0.6 is 12.6 Å². The Labute approximate surface area is 76.5 Å².